The Morgan fingerprint density at radius 2 is 1.81 bits per heavy atom. The third kappa shape index (κ3) is 5.10. The first-order chi connectivity index (χ1) is 14.4. The first-order valence-corrected chi connectivity index (χ1v) is 11.6. The van der Waals surface area contributed by atoms with E-state index in [0.717, 1.165) is 24.2 Å². The third-order valence-electron chi connectivity index (χ3n) is 7.11. The molecule has 0 amide bonds. The van der Waals surface area contributed by atoms with Crippen LogP contribution in [0.4, 0.5) is 0 Å². The molecule has 0 aromatic rings. The van der Waals surface area contributed by atoms with Crippen LogP contribution in [-0.2, 0) is 23.7 Å². The number of rotatable bonds is 3. The molecule has 31 heavy (non-hydrogen) atoms. The van der Waals surface area contributed by atoms with Gasteiger partial charge in [0.1, 0.15) is 30.2 Å². The molecular weight excluding hydrogens is 398 g/mol. The van der Waals surface area contributed by atoms with E-state index in [0.29, 0.717) is 13.0 Å². The number of aliphatic hydroxyl groups is 1. The van der Waals surface area contributed by atoms with E-state index in [4.69, 9.17) is 18.9 Å². The van der Waals surface area contributed by atoms with Gasteiger partial charge in [0.05, 0.1) is 12.0 Å². The highest BCUT2D eigenvalue weighted by Crippen LogP contribution is 2.44. The molecule has 3 aliphatic heterocycles. The highest BCUT2D eigenvalue weighted by molar-refractivity contribution is 5.72. The molecule has 3 heterocycles. The molecule has 7 heteroatoms. The lowest BCUT2D eigenvalue weighted by atomic mass is 9.81. The quantitative estimate of drug-likeness (QED) is 0.677. The first kappa shape index (κ1) is 24.5. The van der Waals surface area contributed by atoms with Crippen LogP contribution in [0.5, 0.6) is 0 Å². The van der Waals surface area contributed by atoms with Crippen molar-refractivity contribution in [2.24, 2.45) is 17.8 Å². The molecule has 0 aliphatic carbocycles. The topological polar surface area (TPSA) is 77.5 Å². The van der Waals surface area contributed by atoms with Crippen molar-refractivity contribution in [3.05, 3.63) is 11.3 Å². The lowest BCUT2D eigenvalue weighted by Gasteiger charge is -2.45. The molecule has 2 bridgehead atoms. The number of aliphatic hydroxyl groups excluding tert-OH is 1. The highest BCUT2D eigenvalue weighted by Gasteiger charge is 2.50. The summed E-state index contributed by atoms with van der Waals surface area (Å²) in [6, 6.07) is -0.0477. The minimum absolute atomic E-state index is 0.000977. The molecule has 1 N–H and O–H groups in total. The molecule has 0 radical (unpaired) electrons. The molecule has 7 nitrogen and oxygen atoms in total. The molecule has 0 aromatic carbocycles. The maximum absolute atomic E-state index is 12.5. The molecule has 9 atom stereocenters. The Morgan fingerprint density at radius 3 is 2.45 bits per heavy atom. The zero-order valence-corrected chi connectivity index (χ0v) is 20.4. The molecule has 2 saturated heterocycles. The Hall–Kier alpha value is -1.15. The predicted octanol–water partition coefficient (Wildman–Crippen LogP) is 3.11. The normalized spacial score (nSPS) is 44.6. The van der Waals surface area contributed by atoms with Gasteiger partial charge in [-0.1, -0.05) is 20.8 Å². The van der Waals surface area contributed by atoms with Crippen LogP contribution < -0.4 is 0 Å². The summed E-state index contributed by atoms with van der Waals surface area (Å²) in [4.78, 5) is 14.5. The van der Waals surface area contributed by atoms with Crippen molar-refractivity contribution in [2.75, 3.05) is 20.7 Å². The second-order valence-corrected chi connectivity index (χ2v) is 10.5. The number of cyclic esters (lactones) is 1. The van der Waals surface area contributed by atoms with Crippen LogP contribution in [0, 0.1) is 17.8 Å². The van der Waals surface area contributed by atoms with Crippen LogP contribution in [-0.4, -0.2) is 72.9 Å². The number of hydrogen-bond donors (Lipinski definition) is 1. The van der Waals surface area contributed by atoms with E-state index in [9.17, 15) is 9.90 Å². The van der Waals surface area contributed by atoms with E-state index in [-0.39, 0.29) is 42.0 Å². The van der Waals surface area contributed by atoms with Crippen molar-refractivity contribution in [1.82, 2.24) is 4.90 Å². The monoisotopic (exact) mass is 439 g/mol. The Morgan fingerprint density at radius 1 is 1.13 bits per heavy atom. The van der Waals surface area contributed by atoms with Gasteiger partial charge >= 0.3 is 5.97 Å². The zero-order valence-electron chi connectivity index (χ0n) is 20.4. The van der Waals surface area contributed by atoms with E-state index in [1.807, 2.05) is 39.8 Å². The summed E-state index contributed by atoms with van der Waals surface area (Å²) in [7, 11) is 3.93. The lowest BCUT2D eigenvalue weighted by Crippen LogP contribution is -2.57. The van der Waals surface area contributed by atoms with Crippen molar-refractivity contribution < 1.29 is 28.8 Å². The van der Waals surface area contributed by atoms with Gasteiger partial charge in [-0.15, -0.1) is 0 Å². The molecule has 0 aromatic heterocycles. The van der Waals surface area contributed by atoms with Gasteiger partial charge in [-0.25, -0.2) is 0 Å². The number of ether oxygens (including phenoxy) is 4. The molecule has 0 saturated carbocycles. The second-order valence-electron chi connectivity index (χ2n) is 10.5. The Labute approximate surface area is 187 Å². The largest absolute Gasteiger partial charge is 0.488 e. The molecule has 2 fully saturated rings. The van der Waals surface area contributed by atoms with Crippen molar-refractivity contribution in [1.29, 1.82) is 0 Å². The summed E-state index contributed by atoms with van der Waals surface area (Å²) in [6.07, 6.45) is 0.191. The first-order valence-electron chi connectivity index (χ1n) is 11.6. The summed E-state index contributed by atoms with van der Waals surface area (Å²) in [5.41, 5.74) is 0.558. The van der Waals surface area contributed by atoms with Gasteiger partial charge in [-0.05, 0) is 59.2 Å². The molecule has 178 valence electrons. The maximum atomic E-state index is 12.5. The van der Waals surface area contributed by atoms with Gasteiger partial charge in [0.15, 0.2) is 6.29 Å². The Balaban J connectivity index is 1.91. The lowest BCUT2D eigenvalue weighted by molar-refractivity contribution is -0.293. The average molecular weight is 440 g/mol. The fraction of sp³-hybridized carbons (Fsp3) is 0.875. The van der Waals surface area contributed by atoms with Crippen molar-refractivity contribution in [2.45, 2.75) is 97.0 Å². The SMILES string of the molecule is CC1=C2OC(C)(C1)C(O[C@@H]1O[C@H](C)C[C@H](N(C)C)[C@H]1O)C(C)CC(C)C(=O)OCC2C. The smallest absolute Gasteiger partial charge is 0.308 e. The number of hydrogen-bond acceptors (Lipinski definition) is 7. The third-order valence-corrected chi connectivity index (χ3v) is 7.11. The summed E-state index contributed by atoms with van der Waals surface area (Å²) >= 11 is 0. The van der Waals surface area contributed by atoms with Crippen LogP contribution >= 0.6 is 0 Å². The number of carbonyl (C=O) groups excluding carboxylic acids is 1. The van der Waals surface area contributed by atoms with Gasteiger partial charge in [-0.2, -0.15) is 0 Å². The molecule has 5 unspecified atom stereocenters. The zero-order chi connectivity index (χ0) is 23.1. The number of nitrogens with zero attached hydrogens (tertiary/aromatic N) is 1. The van der Waals surface area contributed by atoms with E-state index in [1.54, 1.807) is 0 Å². The summed E-state index contributed by atoms with van der Waals surface area (Å²) in [5.74, 6) is 0.444. The van der Waals surface area contributed by atoms with E-state index in [1.165, 1.54) is 0 Å². The average Bonchev–Trinajstić information content (AvgIpc) is 2.99. The van der Waals surface area contributed by atoms with Crippen LogP contribution in [0.15, 0.2) is 11.3 Å². The van der Waals surface area contributed by atoms with Gasteiger partial charge < -0.3 is 29.0 Å². The summed E-state index contributed by atoms with van der Waals surface area (Å²) in [5, 5.41) is 11.0. The summed E-state index contributed by atoms with van der Waals surface area (Å²) < 4.78 is 24.8. The van der Waals surface area contributed by atoms with Crippen LogP contribution in [0.3, 0.4) is 0 Å². The number of carbonyl (C=O) groups is 1. The van der Waals surface area contributed by atoms with Crippen molar-refractivity contribution in [3.8, 4) is 0 Å². The van der Waals surface area contributed by atoms with Crippen molar-refractivity contribution >= 4 is 5.97 Å². The van der Waals surface area contributed by atoms with Gasteiger partial charge in [-0.3, -0.25) is 4.79 Å². The van der Waals surface area contributed by atoms with Gasteiger partial charge in [0, 0.05) is 18.4 Å². The summed E-state index contributed by atoms with van der Waals surface area (Å²) in [6.45, 7) is 12.5. The van der Waals surface area contributed by atoms with Crippen LogP contribution in [0.1, 0.15) is 60.8 Å². The molecule has 3 aliphatic rings. The fourth-order valence-electron chi connectivity index (χ4n) is 5.55. The van der Waals surface area contributed by atoms with Gasteiger partial charge in [0.25, 0.3) is 0 Å². The standard InChI is InChI=1S/C24H41NO6/c1-13-9-14(2)22(27)28-12-16(4)20-15(3)11-24(6,31-20)21(13)30-23-19(26)18(25(7)8)10-17(5)29-23/h13-14,16-19,21,23,26H,9-12H2,1-8H3/t13?,14?,16?,17-,18+,19-,21?,23+,24?/m1/s1. The fourth-order valence-corrected chi connectivity index (χ4v) is 5.55. The second kappa shape index (κ2) is 9.38. The minimum Gasteiger partial charge on any atom is -0.488 e. The predicted molar refractivity (Wildman–Crippen MR) is 117 cm³/mol. The Bertz CT molecular complexity index is 694. The van der Waals surface area contributed by atoms with Crippen LogP contribution in [0.2, 0.25) is 0 Å². The molecule has 3 rings (SSSR count). The van der Waals surface area contributed by atoms with E-state index >= 15 is 0 Å². The van der Waals surface area contributed by atoms with Crippen LogP contribution in [0.25, 0.3) is 0 Å². The van der Waals surface area contributed by atoms with Crippen molar-refractivity contribution in [3.63, 3.8) is 0 Å². The highest BCUT2D eigenvalue weighted by atomic mass is 16.7. The number of esters is 1. The van der Waals surface area contributed by atoms with Gasteiger partial charge in [0.2, 0.25) is 0 Å². The molecular formula is C24H41NO6. The van der Waals surface area contributed by atoms with E-state index < -0.39 is 18.0 Å². The van der Waals surface area contributed by atoms with E-state index in [2.05, 4.69) is 20.8 Å². The number of likely N-dealkylation sites (N-methyl/N-ethyl adjacent to an activating group) is 1. The maximum Gasteiger partial charge on any atom is 0.308 e. The minimum atomic E-state index is -0.767. The Kier molecular flexibility index (Phi) is 7.41. The molecule has 0 spiro atoms. The number of fused-ring (bicyclic) bond motifs is 2.